The lowest BCUT2D eigenvalue weighted by molar-refractivity contribution is -0.150. The van der Waals surface area contributed by atoms with Gasteiger partial charge in [-0.3, -0.25) is 19.9 Å². The van der Waals surface area contributed by atoms with Crippen LogP contribution < -0.4 is 16.8 Å². The molecule has 14 nitrogen and oxygen atoms in total. The van der Waals surface area contributed by atoms with E-state index in [-0.39, 0.29) is 50.2 Å². The van der Waals surface area contributed by atoms with E-state index in [4.69, 9.17) is 33.9 Å². The first-order valence-electron chi connectivity index (χ1n) is 10.9. The number of hydrogen-bond acceptors (Lipinski definition) is 15. The number of amides is 2. The first-order valence-corrected chi connectivity index (χ1v) is 15.1. The standard InChI is InChI=1S/C20H21N9O5S5/c1-6(13(21)22)3-38-20-27-26-15(39-20)12(35)7-4-36-17-10(16(31)29(17)11(7)18(32)33)25-14(30)9(28-34-2)8-5-37-19(23)24-8/h5-6,10,17H,3-4H2,1-2H3,(H3,21,22)(H2,23,24)(H,25,30)(H,32,33)/b28-9-/t6?,10-,17+/m1/s1. The fourth-order valence-corrected chi connectivity index (χ4v) is 7.69. The normalized spacial score (nSPS) is 19.7. The van der Waals surface area contributed by atoms with Crippen molar-refractivity contribution < 1.29 is 24.3 Å². The Morgan fingerprint density at radius 2 is 2.21 bits per heavy atom. The third kappa shape index (κ3) is 5.91. The second-order valence-electron chi connectivity index (χ2n) is 8.06. The summed E-state index contributed by atoms with van der Waals surface area (Å²) >= 11 is 10.5. The number of carbonyl (C=O) groups is 3. The number of nitrogens with one attached hydrogen (secondary N) is 2. The number of oxime groups is 1. The molecule has 0 spiro atoms. The van der Waals surface area contributed by atoms with Gasteiger partial charge in [0, 0.05) is 28.4 Å². The number of aromatic nitrogens is 3. The first-order chi connectivity index (χ1) is 18.5. The average Bonchev–Trinajstić information content (AvgIpc) is 3.56. The van der Waals surface area contributed by atoms with E-state index in [0.717, 1.165) is 16.2 Å². The van der Waals surface area contributed by atoms with E-state index in [1.807, 2.05) is 6.92 Å². The molecule has 2 amide bonds. The summed E-state index contributed by atoms with van der Waals surface area (Å²) in [6, 6.07) is -1.00. The van der Waals surface area contributed by atoms with Crippen LogP contribution in [0.3, 0.4) is 0 Å². The van der Waals surface area contributed by atoms with Gasteiger partial charge in [-0.15, -0.1) is 33.3 Å². The van der Waals surface area contributed by atoms with Crippen molar-refractivity contribution in [2.24, 2.45) is 16.8 Å². The van der Waals surface area contributed by atoms with Crippen LogP contribution in [0.1, 0.15) is 17.6 Å². The number of nitrogen functional groups attached to an aromatic ring is 1. The molecule has 19 heteroatoms. The van der Waals surface area contributed by atoms with Gasteiger partial charge in [0.2, 0.25) is 0 Å². The monoisotopic (exact) mass is 627 g/mol. The Balaban J connectivity index is 1.50. The van der Waals surface area contributed by atoms with Crippen molar-refractivity contribution >= 4 is 97.7 Å². The lowest BCUT2D eigenvalue weighted by Gasteiger charge is -2.49. The van der Waals surface area contributed by atoms with E-state index in [9.17, 15) is 19.5 Å². The number of anilines is 1. The minimum absolute atomic E-state index is 0.0662. The summed E-state index contributed by atoms with van der Waals surface area (Å²) in [4.78, 5) is 48.3. The largest absolute Gasteiger partial charge is 0.477 e. The fourth-order valence-electron chi connectivity index (χ4n) is 3.47. The molecule has 206 valence electrons. The second-order valence-corrected chi connectivity index (χ2v) is 12.7. The van der Waals surface area contributed by atoms with Crippen molar-refractivity contribution in [3.63, 3.8) is 0 Å². The SMILES string of the molecule is CO/N=C(\C(=O)N[C@@H]1C(=O)N2C(C(=O)O)=C(C(=S)c3nnc(SCC(C)C(=N)N)s3)CS[C@@H]12)c1csc(N)n1. The molecule has 2 aromatic rings. The van der Waals surface area contributed by atoms with Crippen LogP contribution in [0.15, 0.2) is 26.1 Å². The maximum atomic E-state index is 13.1. The number of aliphatic carboxylic acids is 1. The Bertz CT molecular complexity index is 1420. The predicted molar refractivity (Wildman–Crippen MR) is 153 cm³/mol. The number of nitrogens with zero attached hydrogens (tertiary/aromatic N) is 5. The summed E-state index contributed by atoms with van der Waals surface area (Å²) in [7, 11) is 1.26. The molecule has 0 aliphatic carbocycles. The second kappa shape index (κ2) is 11.9. The van der Waals surface area contributed by atoms with E-state index in [0.29, 0.717) is 15.1 Å². The number of β-lactam (4-membered cyclic amide) rings is 1. The van der Waals surface area contributed by atoms with Crippen molar-refractivity contribution in [1.29, 1.82) is 5.41 Å². The molecule has 4 heterocycles. The van der Waals surface area contributed by atoms with Crippen LogP contribution >= 0.6 is 58.4 Å². The van der Waals surface area contributed by atoms with Gasteiger partial charge < -0.3 is 26.7 Å². The number of carboxylic acids is 1. The highest BCUT2D eigenvalue weighted by Crippen LogP contribution is 2.41. The van der Waals surface area contributed by atoms with Gasteiger partial charge in [0.1, 0.15) is 29.9 Å². The average molecular weight is 628 g/mol. The summed E-state index contributed by atoms with van der Waals surface area (Å²) in [6.45, 7) is 1.82. The third-order valence-electron chi connectivity index (χ3n) is 5.48. The highest BCUT2D eigenvalue weighted by Gasteiger charge is 2.55. The molecule has 0 saturated carbocycles. The Morgan fingerprint density at radius 1 is 1.46 bits per heavy atom. The summed E-state index contributed by atoms with van der Waals surface area (Å²) in [6.07, 6.45) is 0. The minimum atomic E-state index is -1.33. The Labute approximate surface area is 243 Å². The zero-order chi connectivity index (χ0) is 28.4. The maximum Gasteiger partial charge on any atom is 0.353 e. The zero-order valence-electron chi connectivity index (χ0n) is 20.2. The van der Waals surface area contributed by atoms with Crippen LogP contribution in [0.5, 0.6) is 0 Å². The minimum Gasteiger partial charge on any atom is -0.477 e. The van der Waals surface area contributed by atoms with Gasteiger partial charge in [-0.1, -0.05) is 47.4 Å². The molecule has 2 aliphatic rings. The highest BCUT2D eigenvalue weighted by atomic mass is 32.2. The van der Waals surface area contributed by atoms with Crippen LogP contribution in [0, 0.1) is 11.3 Å². The molecular formula is C20H21N9O5S5. The number of nitrogens with two attached hydrogens (primary N) is 2. The molecule has 0 radical (unpaired) electrons. The van der Waals surface area contributed by atoms with Crippen LogP contribution in [0.25, 0.3) is 0 Å². The smallest absolute Gasteiger partial charge is 0.353 e. The molecule has 1 unspecified atom stereocenters. The summed E-state index contributed by atoms with van der Waals surface area (Å²) in [5.41, 5.74) is 11.2. The lowest BCUT2D eigenvalue weighted by atomic mass is 10.0. The number of rotatable bonds is 11. The Kier molecular flexibility index (Phi) is 8.84. The van der Waals surface area contributed by atoms with Gasteiger partial charge in [-0.05, 0) is 0 Å². The van der Waals surface area contributed by atoms with E-state index < -0.39 is 29.2 Å². The van der Waals surface area contributed by atoms with Crippen LogP contribution in [0.4, 0.5) is 5.13 Å². The van der Waals surface area contributed by atoms with E-state index in [1.54, 1.807) is 0 Å². The van der Waals surface area contributed by atoms with Crippen LogP contribution in [0.2, 0.25) is 0 Å². The van der Waals surface area contributed by atoms with Gasteiger partial charge in [0.05, 0.1) is 10.7 Å². The molecule has 3 atom stereocenters. The summed E-state index contributed by atoms with van der Waals surface area (Å²) in [5, 5.41) is 33.4. The van der Waals surface area contributed by atoms with Gasteiger partial charge in [-0.2, -0.15) is 0 Å². The molecule has 4 rings (SSSR count). The summed E-state index contributed by atoms with van der Waals surface area (Å²) in [5.74, 6) is -2.04. The fraction of sp³-hybridized carbons (Fsp3) is 0.350. The van der Waals surface area contributed by atoms with Crippen molar-refractivity contribution in [2.45, 2.75) is 22.7 Å². The number of thiocarbonyl (C=S) groups is 1. The first kappa shape index (κ1) is 28.9. The molecule has 1 fully saturated rings. The highest BCUT2D eigenvalue weighted by molar-refractivity contribution is 8.01. The summed E-state index contributed by atoms with van der Waals surface area (Å²) < 4.78 is 0.595. The van der Waals surface area contributed by atoms with E-state index in [2.05, 4.69) is 25.7 Å². The number of thioether (sulfide) groups is 2. The van der Waals surface area contributed by atoms with Crippen molar-refractivity contribution in [3.05, 3.63) is 27.4 Å². The number of thiazole rings is 1. The van der Waals surface area contributed by atoms with Crippen LogP contribution in [-0.4, -0.2) is 89.4 Å². The molecule has 7 N–H and O–H groups in total. The van der Waals surface area contributed by atoms with E-state index in [1.165, 1.54) is 47.4 Å². The molecule has 39 heavy (non-hydrogen) atoms. The van der Waals surface area contributed by atoms with Crippen molar-refractivity contribution in [3.8, 4) is 0 Å². The molecule has 1 saturated heterocycles. The van der Waals surface area contributed by atoms with Gasteiger partial charge in [0.15, 0.2) is 20.2 Å². The van der Waals surface area contributed by atoms with Crippen LogP contribution in [-0.2, 0) is 19.2 Å². The van der Waals surface area contributed by atoms with Gasteiger partial charge >= 0.3 is 5.97 Å². The van der Waals surface area contributed by atoms with Gasteiger partial charge in [0.25, 0.3) is 11.8 Å². The van der Waals surface area contributed by atoms with Gasteiger partial charge in [-0.25, -0.2) is 9.78 Å². The quantitative estimate of drug-likeness (QED) is 0.0442. The topological polar surface area (TPSA) is 223 Å². The Morgan fingerprint density at radius 3 is 2.82 bits per heavy atom. The zero-order valence-corrected chi connectivity index (χ0v) is 24.3. The lowest BCUT2D eigenvalue weighted by Crippen LogP contribution is -2.71. The number of hydrogen-bond donors (Lipinski definition) is 5. The molecular weight excluding hydrogens is 607 g/mol. The number of amidine groups is 1. The molecule has 2 aromatic heterocycles. The van der Waals surface area contributed by atoms with Crippen molar-refractivity contribution in [1.82, 2.24) is 25.4 Å². The number of carbonyl (C=O) groups excluding carboxylic acids is 2. The number of fused-ring (bicyclic) bond motifs is 1. The maximum absolute atomic E-state index is 13.1. The predicted octanol–water partition coefficient (Wildman–Crippen LogP) is 0.748. The van der Waals surface area contributed by atoms with E-state index >= 15 is 0 Å². The molecule has 0 aromatic carbocycles. The Hall–Kier alpha value is -3.13. The molecule has 0 bridgehead atoms. The van der Waals surface area contributed by atoms with Crippen molar-refractivity contribution in [2.75, 3.05) is 24.3 Å². The third-order valence-corrected chi connectivity index (χ3v) is 10.3. The molecule has 2 aliphatic heterocycles. The number of carboxylic acid groups (broad SMARTS) is 1.